The van der Waals surface area contributed by atoms with Crippen LogP contribution in [0.15, 0.2) is 35.4 Å². The van der Waals surface area contributed by atoms with Crippen LogP contribution >= 0.6 is 19.4 Å². The molecule has 0 amide bonds. The smallest absolute Gasteiger partial charge is 0.469 e. The number of nitrogen functional groups attached to an aromatic ring is 1. The predicted molar refractivity (Wildman–Crippen MR) is 119 cm³/mol. The van der Waals surface area contributed by atoms with Gasteiger partial charge in [-0.15, -0.1) is 0 Å². The molecule has 0 saturated carbocycles. The first-order valence-electron chi connectivity index (χ1n) is 10.3. The molecule has 1 aliphatic heterocycles. The first kappa shape index (κ1) is 24.6. The van der Waals surface area contributed by atoms with Gasteiger partial charge in [-0.25, -0.2) is 9.13 Å². The maximum Gasteiger partial charge on any atom is 0.469 e. The van der Waals surface area contributed by atoms with Crippen molar-refractivity contribution in [3.63, 3.8) is 0 Å². The number of imidazole rings is 1. The van der Waals surface area contributed by atoms with Crippen LogP contribution in [0, 0.1) is 5.92 Å². The minimum absolute atomic E-state index is 0.122. The second kappa shape index (κ2) is 9.62. The first-order valence-corrected chi connectivity index (χ1v) is 12.2. The summed E-state index contributed by atoms with van der Waals surface area (Å²) in [5, 5.41) is 11.4. The average Bonchev–Trinajstić information content (AvgIpc) is 3.25. The number of nitrogens with two attached hydrogens (primary N) is 1. The number of nitrogens with one attached hydrogen (secondary N) is 1. The zero-order chi connectivity index (χ0) is 24.6. The fraction of sp³-hybridized carbons (Fsp3) is 0.421. The van der Waals surface area contributed by atoms with Gasteiger partial charge in [0.25, 0.3) is 11.5 Å². The lowest BCUT2D eigenvalue weighted by Gasteiger charge is -2.15. The van der Waals surface area contributed by atoms with Gasteiger partial charge in [0.05, 0.1) is 12.7 Å². The van der Waals surface area contributed by atoms with Crippen molar-refractivity contribution < 1.29 is 38.0 Å². The van der Waals surface area contributed by atoms with Crippen LogP contribution in [0.4, 0.5) is 5.95 Å². The van der Waals surface area contributed by atoms with Gasteiger partial charge in [-0.1, -0.05) is 23.5 Å². The molecule has 0 radical (unpaired) electrons. The standard InChI is InChI=1S/C19H23ClN5O8P/c1-10-13(8-32-34(28,29)30)33-18(15(10)26)25-9-24(14-16(25)22-19(21)23-17(14)27)6-7-31-12-4-2-11(20)3-5-12/h2-5,9-10,13,15,18,26H,6-8H2,1H3,(H4-,21,22,23,27,28,29,30)/p+1/t10-,13-,15-,18-/m1/s1. The highest BCUT2D eigenvalue weighted by Gasteiger charge is 2.46. The summed E-state index contributed by atoms with van der Waals surface area (Å²) in [6, 6.07) is 6.82. The predicted octanol–water partition coefficient (Wildman–Crippen LogP) is 0.330. The van der Waals surface area contributed by atoms with Gasteiger partial charge in [0.2, 0.25) is 11.7 Å². The number of aromatic amines is 1. The molecule has 3 aromatic rings. The van der Waals surface area contributed by atoms with Crippen molar-refractivity contribution in [3.05, 3.63) is 46.0 Å². The van der Waals surface area contributed by atoms with Crippen LogP contribution in [-0.2, 0) is 20.4 Å². The van der Waals surface area contributed by atoms with E-state index in [0.29, 0.717) is 10.8 Å². The van der Waals surface area contributed by atoms with Crippen LogP contribution in [-0.4, -0.2) is 54.9 Å². The third kappa shape index (κ3) is 5.26. The van der Waals surface area contributed by atoms with Gasteiger partial charge in [0, 0.05) is 10.9 Å². The summed E-state index contributed by atoms with van der Waals surface area (Å²) in [4.78, 5) is 37.3. The molecule has 0 bridgehead atoms. The minimum atomic E-state index is -4.71. The van der Waals surface area contributed by atoms with Crippen molar-refractivity contribution in [3.8, 4) is 5.75 Å². The zero-order valence-electron chi connectivity index (χ0n) is 17.9. The fourth-order valence-electron chi connectivity index (χ4n) is 3.78. The van der Waals surface area contributed by atoms with Gasteiger partial charge in [-0.3, -0.25) is 18.9 Å². The molecule has 3 heterocycles. The highest BCUT2D eigenvalue weighted by atomic mass is 35.5. The lowest BCUT2D eigenvalue weighted by Crippen LogP contribution is -2.45. The normalized spacial score (nSPS) is 23.0. The Kier molecular flexibility index (Phi) is 6.97. The number of ether oxygens (including phenoxy) is 2. The fourth-order valence-corrected chi connectivity index (χ4v) is 4.24. The molecule has 6 N–H and O–H groups in total. The number of phosphoric ester groups is 1. The molecule has 1 aromatic carbocycles. The monoisotopic (exact) mass is 516 g/mol. The van der Waals surface area contributed by atoms with Gasteiger partial charge >= 0.3 is 13.5 Å². The molecule has 0 unspecified atom stereocenters. The molecule has 1 aliphatic rings. The highest BCUT2D eigenvalue weighted by Crippen LogP contribution is 2.39. The van der Waals surface area contributed by atoms with Crippen molar-refractivity contribution in [2.45, 2.75) is 31.9 Å². The quantitative estimate of drug-likeness (QED) is 0.206. The van der Waals surface area contributed by atoms with Gasteiger partial charge < -0.3 is 30.1 Å². The number of aliphatic hydroxyl groups is 1. The number of benzene rings is 1. The number of anilines is 1. The summed E-state index contributed by atoms with van der Waals surface area (Å²) in [6.45, 7) is 1.69. The molecule has 0 spiro atoms. The molecule has 15 heteroatoms. The number of halogens is 1. The second-order valence-corrected chi connectivity index (χ2v) is 9.52. The number of hydrogen-bond donors (Lipinski definition) is 5. The summed E-state index contributed by atoms with van der Waals surface area (Å²) >= 11 is 5.88. The molecule has 13 nitrogen and oxygen atoms in total. The molecule has 34 heavy (non-hydrogen) atoms. The highest BCUT2D eigenvalue weighted by molar-refractivity contribution is 7.46. The number of fused-ring (bicyclic) bond motifs is 1. The summed E-state index contributed by atoms with van der Waals surface area (Å²) in [5.41, 5.74) is 5.60. The van der Waals surface area contributed by atoms with Crippen molar-refractivity contribution in [1.82, 2.24) is 14.5 Å². The Morgan fingerprint density at radius 2 is 2.06 bits per heavy atom. The molecular formula is C19H24ClN5O8P+. The SMILES string of the molecule is C[C@H]1[C@@H](O)[C@H]([n+]2cn(CCOc3ccc(Cl)cc3)c3c(=O)[nH]c(N)nc32)O[C@@H]1COP(=O)(O)O. The third-order valence-electron chi connectivity index (χ3n) is 5.52. The zero-order valence-corrected chi connectivity index (χ0v) is 19.6. The Hall–Kier alpha value is -2.51. The Bertz CT molecular complexity index is 1280. The summed E-state index contributed by atoms with van der Waals surface area (Å²) in [6.07, 6.45) is -1.35. The molecule has 2 aromatic heterocycles. The topological polar surface area (TPSA) is 186 Å². The lowest BCUT2D eigenvalue weighted by atomic mass is 10.0. The van der Waals surface area contributed by atoms with E-state index in [1.165, 1.54) is 4.57 Å². The molecule has 1 fully saturated rings. The van der Waals surface area contributed by atoms with Crippen molar-refractivity contribution >= 4 is 36.5 Å². The van der Waals surface area contributed by atoms with Gasteiger partial charge in [-0.05, 0) is 24.3 Å². The summed E-state index contributed by atoms with van der Waals surface area (Å²) < 4.78 is 30.2. The Balaban J connectivity index is 1.60. The van der Waals surface area contributed by atoms with E-state index in [1.807, 2.05) is 0 Å². The molecule has 4 atom stereocenters. The van der Waals surface area contributed by atoms with Crippen molar-refractivity contribution in [1.29, 1.82) is 0 Å². The Labute approximate surface area is 197 Å². The van der Waals surface area contributed by atoms with Gasteiger partial charge in [0.1, 0.15) is 25.0 Å². The Morgan fingerprint density at radius 3 is 2.74 bits per heavy atom. The summed E-state index contributed by atoms with van der Waals surface area (Å²) in [5.74, 6) is -0.0559. The van der Waals surface area contributed by atoms with Crippen LogP contribution in [0.25, 0.3) is 11.2 Å². The van der Waals surface area contributed by atoms with E-state index in [4.69, 9.17) is 36.6 Å². The number of hydrogen-bond acceptors (Lipinski definition) is 8. The van der Waals surface area contributed by atoms with E-state index >= 15 is 0 Å². The molecular weight excluding hydrogens is 493 g/mol. The van der Waals surface area contributed by atoms with E-state index in [0.717, 1.165) is 0 Å². The number of nitrogens with zero attached hydrogens (tertiary/aromatic N) is 3. The van der Waals surface area contributed by atoms with E-state index in [2.05, 4.69) is 14.5 Å². The van der Waals surface area contributed by atoms with Gasteiger partial charge in [0.15, 0.2) is 6.33 Å². The third-order valence-corrected chi connectivity index (χ3v) is 6.26. The van der Waals surface area contributed by atoms with Crippen LogP contribution < -0.4 is 20.6 Å². The molecule has 184 valence electrons. The van der Waals surface area contributed by atoms with Crippen molar-refractivity contribution in [2.24, 2.45) is 5.92 Å². The largest absolute Gasteiger partial charge is 0.490 e. The lowest BCUT2D eigenvalue weighted by molar-refractivity contribution is -0.746. The van der Waals surface area contributed by atoms with Crippen molar-refractivity contribution in [2.75, 3.05) is 18.9 Å². The van der Waals surface area contributed by atoms with E-state index in [1.54, 1.807) is 42.1 Å². The average molecular weight is 517 g/mol. The van der Waals surface area contributed by atoms with Crippen LogP contribution in [0.5, 0.6) is 5.75 Å². The maximum absolute atomic E-state index is 12.7. The van der Waals surface area contributed by atoms with Gasteiger partial charge in [-0.2, -0.15) is 0 Å². The molecule has 1 saturated heterocycles. The number of H-pyrrole nitrogens is 1. The number of phosphoric acid groups is 1. The van der Waals surface area contributed by atoms with Crippen LogP contribution in [0.2, 0.25) is 5.02 Å². The molecule has 4 rings (SSSR count). The Morgan fingerprint density at radius 1 is 1.35 bits per heavy atom. The summed E-state index contributed by atoms with van der Waals surface area (Å²) in [7, 11) is -4.71. The minimum Gasteiger partial charge on any atom is -0.490 e. The second-order valence-electron chi connectivity index (χ2n) is 7.84. The number of rotatable bonds is 8. The number of aliphatic hydroxyl groups excluding tert-OH is 1. The van der Waals surface area contributed by atoms with E-state index in [9.17, 15) is 14.5 Å². The first-order chi connectivity index (χ1) is 16.0. The van der Waals surface area contributed by atoms with E-state index in [-0.39, 0.29) is 30.3 Å². The van der Waals surface area contributed by atoms with Crippen LogP contribution in [0.3, 0.4) is 0 Å². The molecule has 0 aliphatic carbocycles. The van der Waals surface area contributed by atoms with E-state index < -0.39 is 44.3 Å². The van der Waals surface area contributed by atoms with Crippen LogP contribution in [0.1, 0.15) is 13.2 Å². The number of aromatic nitrogens is 4. The maximum atomic E-state index is 12.7.